The zero-order valence-electron chi connectivity index (χ0n) is 16.3. The highest BCUT2D eigenvalue weighted by Crippen LogP contribution is 2.44. The first-order chi connectivity index (χ1) is 14.0. The summed E-state index contributed by atoms with van der Waals surface area (Å²) >= 11 is 0. The van der Waals surface area contributed by atoms with Crippen molar-refractivity contribution in [3.8, 4) is 11.5 Å². The van der Waals surface area contributed by atoms with Crippen LogP contribution in [0.5, 0.6) is 11.5 Å². The number of nitrogens with one attached hydrogen (secondary N) is 2. The molecule has 0 aliphatic carbocycles. The summed E-state index contributed by atoms with van der Waals surface area (Å²) in [5, 5.41) is 5.83. The molecule has 0 bridgehead atoms. The van der Waals surface area contributed by atoms with Crippen LogP contribution < -0.4 is 15.4 Å². The van der Waals surface area contributed by atoms with Crippen LogP contribution in [-0.2, 0) is 4.79 Å². The largest absolute Gasteiger partial charge is 0.457 e. The van der Waals surface area contributed by atoms with Crippen molar-refractivity contribution in [1.82, 2.24) is 5.32 Å². The Labute approximate surface area is 169 Å². The molecule has 0 unspecified atom stereocenters. The fourth-order valence-electron chi connectivity index (χ4n) is 3.53. The van der Waals surface area contributed by atoms with Crippen LogP contribution in [0.4, 0.5) is 5.69 Å². The van der Waals surface area contributed by atoms with E-state index >= 15 is 0 Å². The fraction of sp³-hybridized carbons (Fsp3) is 0.167. The molecule has 1 aliphatic heterocycles. The van der Waals surface area contributed by atoms with Crippen molar-refractivity contribution in [3.63, 3.8) is 0 Å². The number of hydrogen-bond acceptors (Lipinski definition) is 3. The van der Waals surface area contributed by atoms with Gasteiger partial charge in [-0.25, -0.2) is 0 Å². The van der Waals surface area contributed by atoms with Gasteiger partial charge in [0.2, 0.25) is 5.91 Å². The number of amides is 2. The van der Waals surface area contributed by atoms with E-state index in [4.69, 9.17) is 4.74 Å². The van der Waals surface area contributed by atoms with Gasteiger partial charge in [-0.1, -0.05) is 48.5 Å². The van der Waals surface area contributed by atoms with E-state index in [-0.39, 0.29) is 17.9 Å². The average Bonchev–Trinajstić information content (AvgIpc) is 2.71. The maximum Gasteiger partial charge on any atom is 0.253 e. The molecule has 1 aliphatic rings. The minimum Gasteiger partial charge on any atom is -0.457 e. The lowest BCUT2D eigenvalue weighted by atomic mass is 9.87. The molecular weight excluding hydrogens is 364 g/mol. The van der Waals surface area contributed by atoms with E-state index in [1.807, 2.05) is 62.4 Å². The van der Waals surface area contributed by atoms with Crippen molar-refractivity contribution in [1.29, 1.82) is 0 Å². The van der Waals surface area contributed by atoms with Crippen molar-refractivity contribution in [2.75, 3.05) is 5.32 Å². The summed E-state index contributed by atoms with van der Waals surface area (Å²) in [5.41, 5.74) is 2.51. The third-order valence-corrected chi connectivity index (χ3v) is 4.79. The second kappa shape index (κ2) is 7.80. The number of benzene rings is 3. The van der Waals surface area contributed by atoms with Crippen molar-refractivity contribution < 1.29 is 14.3 Å². The first kappa shape index (κ1) is 18.7. The molecule has 1 heterocycles. The van der Waals surface area contributed by atoms with E-state index in [0.29, 0.717) is 22.7 Å². The molecule has 0 saturated carbocycles. The van der Waals surface area contributed by atoms with Crippen LogP contribution in [0.25, 0.3) is 0 Å². The van der Waals surface area contributed by atoms with Gasteiger partial charge in [0, 0.05) is 17.2 Å². The van der Waals surface area contributed by atoms with E-state index in [0.717, 1.165) is 11.1 Å². The maximum atomic E-state index is 13.4. The molecule has 0 fully saturated rings. The molecule has 0 atom stereocenters. The molecule has 2 amide bonds. The smallest absolute Gasteiger partial charge is 0.253 e. The number of para-hydroxylation sites is 3. The lowest BCUT2D eigenvalue weighted by Crippen LogP contribution is -2.31. The SMILES string of the molecule is CC(C)NC(=O)c1ccccc1NC(=O)C1c2ccccc2Oc2ccccc21. The highest BCUT2D eigenvalue weighted by Gasteiger charge is 2.32. The zero-order valence-corrected chi connectivity index (χ0v) is 16.3. The Hall–Kier alpha value is -3.60. The average molecular weight is 386 g/mol. The molecular formula is C24H22N2O3. The predicted octanol–water partition coefficient (Wildman–Crippen LogP) is 4.70. The summed E-state index contributed by atoms with van der Waals surface area (Å²) < 4.78 is 5.97. The van der Waals surface area contributed by atoms with E-state index in [1.54, 1.807) is 24.3 Å². The number of carbonyl (C=O) groups is 2. The summed E-state index contributed by atoms with van der Waals surface area (Å²) in [5.74, 6) is 0.369. The number of ether oxygens (including phenoxy) is 1. The second-order valence-electron chi connectivity index (χ2n) is 7.27. The molecule has 0 spiro atoms. The molecule has 0 aromatic heterocycles. The molecule has 0 radical (unpaired) electrons. The molecule has 146 valence electrons. The van der Waals surface area contributed by atoms with Gasteiger partial charge < -0.3 is 15.4 Å². The Morgan fingerprint density at radius 1 is 0.828 bits per heavy atom. The highest BCUT2D eigenvalue weighted by atomic mass is 16.5. The number of fused-ring (bicyclic) bond motifs is 2. The first-order valence-electron chi connectivity index (χ1n) is 9.61. The predicted molar refractivity (Wildman–Crippen MR) is 112 cm³/mol. The Bertz CT molecular complexity index is 1030. The molecule has 0 saturated heterocycles. The molecule has 4 rings (SSSR count). The van der Waals surface area contributed by atoms with Crippen LogP contribution in [0, 0.1) is 0 Å². The highest BCUT2D eigenvalue weighted by molar-refractivity contribution is 6.06. The first-order valence-corrected chi connectivity index (χ1v) is 9.61. The molecule has 29 heavy (non-hydrogen) atoms. The lowest BCUT2D eigenvalue weighted by molar-refractivity contribution is -0.116. The second-order valence-corrected chi connectivity index (χ2v) is 7.27. The van der Waals surface area contributed by atoms with Crippen molar-refractivity contribution in [2.24, 2.45) is 0 Å². The Balaban J connectivity index is 1.70. The standard InChI is InChI=1S/C24H22N2O3/c1-15(2)25-23(27)16-9-3-6-12-19(16)26-24(28)22-17-10-4-7-13-20(17)29-21-14-8-5-11-18(21)22/h3-15,22H,1-2H3,(H,25,27)(H,26,28). The van der Waals surface area contributed by atoms with Crippen LogP contribution in [-0.4, -0.2) is 17.9 Å². The van der Waals surface area contributed by atoms with Crippen LogP contribution in [0.15, 0.2) is 72.8 Å². The minimum atomic E-state index is -0.530. The van der Waals surface area contributed by atoms with Gasteiger partial charge in [0.1, 0.15) is 11.5 Å². The van der Waals surface area contributed by atoms with Gasteiger partial charge in [-0.05, 0) is 38.1 Å². The Morgan fingerprint density at radius 2 is 1.38 bits per heavy atom. The van der Waals surface area contributed by atoms with Gasteiger partial charge in [-0.3, -0.25) is 9.59 Å². The Kier molecular flexibility index (Phi) is 5.04. The van der Waals surface area contributed by atoms with Crippen LogP contribution >= 0.6 is 0 Å². The summed E-state index contributed by atoms with van der Waals surface area (Å²) in [7, 11) is 0. The molecule has 5 heteroatoms. The topological polar surface area (TPSA) is 67.4 Å². The van der Waals surface area contributed by atoms with Crippen LogP contribution in [0.3, 0.4) is 0 Å². The third-order valence-electron chi connectivity index (χ3n) is 4.79. The number of carbonyl (C=O) groups excluding carboxylic acids is 2. The molecule has 2 N–H and O–H groups in total. The monoisotopic (exact) mass is 386 g/mol. The van der Waals surface area contributed by atoms with Crippen LogP contribution in [0.2, 0.25) is 0 Å². The summed E-state index contributed by atoms with van der Waals surface area (Å²) in [4.78, 5) is 25.9. The van der Waals surface area contributed by atoms with Gasteiger partial charge in [0.05, 0.1) is 17.2 Å². The van der Waals surface area contributed by atoms with Crippen molar-refractivity contribution >= 4 is 17.5 Å². The molecule has 3 aromatic carbocycles. The molecule has 5 nitrogen and oxygen atoms in total. The zero-order chi connectivity index (χ0) is 20.4. The molecule has 3 aromatic rings. The summed E-state index contributed by atoms with van der Waals surface area (Å²) in [6.07, 6.45) is 0. The maximum absolute atomic E-state index is 13.4. The quantitative estimate of drug-likeness (QED) is 0.683. The number of hydrogen-bond donors (Lipinski definition) is 2. The van der Waals surface area contributed by atoms with Crippen molar-refractivity contribution in [2.45, 2.75) is 25.8 Å². The van der Waals surface area contributed by atoms with E-state index in [1.165, 1.54) is 0 Å². The van der Waals surface area contributed by atoms with Crippen LogP contribution in [0.1, 0.15) is 41.3 Å². The summed E-state index contributed by atoms with van der Waals surface area (Å²) in [6, 6.07) is 22.1. The van der Waals surface area contributed by atoms with E-state index in [9.17, 15) is 9.59 Å². The number of anilines is 1. The van der Waals surface area contributed by atoms with Crippen molar-refractivity contribution in [3.05, 3.63) is 89.5 Å². The van der Waals surface area contributed by atoms with Gasteiger partial charge in [0.25, 0.3) is 5.91 Å². The third kappa shape index (κ3) is 3.72. The summed E-state index contributed by atoms with van der Waals surface area (Å²) in [6.45, 7) is 3.80. The van der Waals surface area contributed by atoms with Gasteiger partial charge in [-0.2, -0.15) is 0 Å². The van der Waals surface area contributed by atoms with Gasteiger partial charge in [0.15, 0.2) is 0 Å². The Morgan fingerprint density at radius 3 is 2.00 bits per heavy atom. The lowest BCUT2D eigenvalue weighted by Gasteiger charge is -2.27. The number of rotatable bonds is 4. The van der Waals surface area contributed by atoms with Gasteiger partial charge in [-0.15, -0.1) is 0 Å². The van der Waals surface area contributed by atoms with E-state index < -0.39 is 5.92 Å². The fourth-order valence-corrected chi connectivity index (χ4v) is 3.53. The van der Waals surface area contributed by atoms with Gasteiger partial charge >= 0.3 is 0 Å². The van der Waals surface area contributed by atoms with E-state index in [2.05, 4.69) is 10.6 Å². The minimum absolute atomic E-state index is 0.000467. The normalized spacial score (nSPS) is 12.5.